The van der Waals surface area contributed by atoms with Crippen LogP contribution in [-0.2, 0) is 0 Å². The molecule has 1 fully saturated rings. The van der Waals surface area contributed by atoms with Crippen LogP contribution >= 0.6 is 15.9 Å². The normalized spacial score (nSPS) is 17.7. The first-order valence-corrected chi connectivity index (χ1v) is 7.13. The van der Waals surface area contributed by atoms with Crippen LogP contribution in [0.3, 0.4) is 0 Å². The van der Waals surface area contributed by atoms with Crippen LogP contribution in [0, 0.1) is 11.7 Å². The molecule has 1 aliphatic carbocycles. The molecule has 0 saturated heterocycles. The highest BCUT2D eigenvalue weighted by Gasteiger charge is 2.23. The summed E-state index contributed by atoms with van der Waals surface area (Å²) in [5.41, 5.74) is 0.376. The Morgan fingerprint density at radius 2 is 2.11 bits per heavy atom. The maximum atomic E-state index is 13.4. The average molecular weight is 314 g/mol. The first-order valence-electron chi connectivity index (χ1n) is 6.34. The summed E-state index contributed by atoms with van der Waals surface area (Å²) in [5.74, 6) is -0.0359. The zero-order valence-electron chi connectivity index (χ0n) is 10.4. The third-order valence-electron chi connectivity index (χ3n) is 3.65. The van der Waals surface area contributed by atoms with Gasteiger partial charge in [0.05, 0.1) is 4.47 Å². The minimum absolute atomic E-state index is 0.159. The average Bonchev–Trinajstić information content (AvgIpc) is 2.86. The number of amides is 1. The highest BCUT2D eigenvalue weighted by molar-refractivity contribution is 9.10. The first-order chi connectivity index (χ1) is 8.58. The predicted molar refractivity (Wildman–Crippen MR) is 73.0 cm³/mol. The molecule has 2 rings (SSSR count). The van der Waals surface area contributed by atoms with E-state index in [-0.39, 0.29) is 11.9 Å². The second-order valence-electron chi connectivity index (χ2n) is 4.94. The van der Waals surface area contributed by atoms with E-state index in [9.17, 15) is 9.18 Å². The number of halogens is 2. The molecule has 98 valence electrons. The minimum Gasteiger partial charge on any atom is -0.349 e. The third-order valence-corrected chi connectivity index (χ3v) is 4.29. The Morgan fingerprint density at radius 1 is 1.44 bits per heavy atom. The fourth-order valence-corrected chi connectivity index (χ4v) is 2.75. The highest BCUT2D eigenvalue weighted by atomic mass is 79.9. The lowest BCUT2D eigenvalue weighted by Crippen LogP contribution is -2.37. The molecule has 1 N–H and O–H groups in total. The quantitative estimate of drug-likeness (QED) is 0.901. The lowest BCUT2D eigenvalue weighted by atomic mass is 9.99. The van der Waals surface area contributed by atoms with Gasteiger partial charge in [0.1, 0.15) is 5.82 Å². The molecule has 0 aromatic heterocycles. The molecule has 0 bridgehead atoms. The Hall–Kier alpha value is -0.900. The van der Waals surface area contributed by atoms with Gasteiger partial charge in [-0.15, -0.1) is 0 Å². The monoisotopic (exact) mass is 313 g/mol. The van der Waals surface area contributed by atoms with E-state index in [1.165, 1.54) is 31.7 Å². The van der Waals surface area contributed by atoms with E-state index >= 15 is 0 Å². The first kappa shape index (κ1) is 13.5. The molecule has 0 spiro atoms. The van der Waals surface area contributed by atoms with Gasteiger partial charge in [0.25, 0.3) is 5.91 Å². The van der Waals surface area contributed by atoms with Crippen LogP contribution in [0.4, 0.5) is 4.39 Å². The van der Waals surface area contributed by atoms with Crippen LogP contribution in [0.2, 0.25) is 0 Å². The molecule has 1 aromatic rings. The van der Waals surface area contributed by atoms with Crippen LogP contribution in [0.5, 0.6) is 0 Å². The molecule has 18 heavy (non-hydrogen) atoms. The van der Waals surface area contributed by atoms with Crippen LogP contribution in [0.25, 0.3) is 0 Å². The molecule has 1 unspecified atom stereocenters. The van der Waals surface area contributed by atoms with Crippen molar-refractivity contribution >= 4 is 21.8 Å². The zero-order chi connectivity index (χ0) is 13.1. The molecule has 0 aliphatic heterocycles. The van der Waals surface area contributed by atoms with Gasteiger partial charge in [-0.25, -0.2) is 4.39 Å². The van der Waals surface area contributed by atoms with Crippen LogP contribution in [-0.4, -0.2) is 11.9 Å². The Kier molecular flexibility index (Phi) is 4.38. The van der Waals surface area contributed by atoms with Crippen LogP contribution in [0.15, 0.2) is 22.7 Å². The molecule has 4 heteroatoms. The van der Waals surface area contributed by atoms with E-state index in [1.807, 2.05) is 6.92 Å². The van der Waals surface area contributed by atoms with Gasteiger partial charge in [-0.05, 0) is 59.8 Å². The van der Waals surface area contributed by atoms with Gasteiger partial charge < -0.3 is 5.32 Å². The Morgan fingerprint density at radius 3 is 2.72 bits per heavy atom. The Balaban J connectivity index is 2.00. The standard InChI is InChI=1S/C14H17BrFNO/c1-9(10-4-2-3-5-10)17-14(18)11-6-7-12(15)13(16)8-11/h6-10H,2-5H2,1H3,(H,17,18). The summed E-state index contributed by atoms with van der Waals surface area (Å²) in [6.45, 7) is 2.03. The van der Waals surface area contributed by atoms with E-state index in [2.05, 4.69) is 21.2 Å². The molecule has 0 radical (unpaired) electrons. The van der Waals surface area contributed by atoms with Crippen molar-refractivity contribution in [2.24, 2.45) is 5.92 Å². The van der Waals surface area contributed by atoms with Gasteiger partial charge in [0.2, 0.25) is 0 Å². The Labute approximate surface area is 115 Å². The molecule has 1 saturated carbocycles. The number of nitrogens with one attached hydrogen (secondary N) is 1. The van der Waals surface area contributed by atoms with Crippen molar-refractivity contribution in [1.29, 1.82) is 0 Å². The number of benzene rings is 1. The molecule has 1 atom stereocenters. The van der Waals surface area contributed by atoms with Gasteiger partial charge in [0.15, 0.2) is 0 Å². The lowest BCUT2D eigenvalue weighted by molar-refractivity contribution is 0.0926. The fourth-order valence-electron chi connectivity index (χ4n) is 2.50. The second-order valence-corrected chi connectivity index (χ2v) is 5.79. The van der Waals surface area contributed by atoms with Crippen molar-refractivity contribution in [2.45, 2.75) is 38.6 Å². The van der Waals surface area contributed by atoms with Crippen molar-refractivity contribution in [1.82, 2.24) is 5.32 Å². The van der Waals surface area contributed by atoms with Crippen LogP contribution < -0.4 is 5.32 Å². The van der Waals surface area contributed by atoms with Crippen LogP contribution in [0.1, 0.15) is 43.0 Å². The number of rotatable bonds is 3. The summed E-state index contributed by atoms with van der Waals surface area (Å²) < 4.78 is 13.7. The van der Waals surface area contributed by atoms with E-state index in [4.69, 9.17) is 0 Å². The smallest absolute Gasteiger partial charge is 0.251 e. The molecule has 1 aromatic carbocycles. The molecule has 1 aliphatic rings. The maximum Gasteiger partial charge on any atom is 0.251 e. The molecular formula is C14H17BrFNO. The topological polar surface area (TPSA) is 29.1 Å². The highest BCUT2D eigenvalue weighted by Crippen LogP contribution is 2.27. The largest absolute Gasteiger partial charge is 0.349 e. The SMILES string of the molecule is CC(NC(=O)c1ccc(Br)c(F)c1)C1CCCC1. The predicted octanol–water partition coefficient (Wildman–Crippen LogP) is 3.90. The lowest BCUT2D eigenvalue weighted by Gasteiger charge is -2.20. The number of carbonyl (C=O) groups excluding carboxylic acids is 1. The van der Waals surface area contributed by atoms with E-state index < -0.39 is 5.82 Å². The number of hydrogen-bond donors (Lipinski definition) is 1. The summed E-state index contributed by atoms with van der Waals surface area (Å²) in [4.78, 5) is 12.0. The Bertz CT molecular complexity index is 443. The number of carbonyl (C=O) groups is 1. The number of hydrogen-bond acceptors (Lipinski definition) is 1. The maximum absolute atomic E-state index is 13.4. The van der Waals surface area contributed by atoms with Crippen molar-refractivity contribution in [2.75, 3.05) is 0 Å². The van der Waals surface area contributed by atoms with E-state index in [0.717, 1.165) is 0 Å². The van der Waals surface area contributed by atoms with Crippen molar-refractivity contribution in [3.63, 3.8) is 0 Å². The molecule has 1 amide bonds. The third kappa shape index (κ3) is 3.10. The molecule has 2 nitrogen and oxygen atoms in total. The van der Waals surface area contributed by atoms with Gasteiger partial charge in [-0.3, -0.25) is 4.79 Å². The zero-order valence-corrected chi connectivity index (χ0v) is 12.0. The van der Waals surface area contributed by atoms with Crippen molar-refractivity contribution in [3.05, 3.63) is 34.1 Å². The summed E-state index contributed by atoms with van der Waals surface area (Å²) in [6, 6.07) is 4.61. The van der Waals surface area contributed by atoms with E-state index in [0.29, 0.717) is 16.0 Å². The second kappa shape index (κ2) is 5.83. The molecule has 0 heterocycles. The van der Waals surface area contributed by atoms with Crippen molar-refractivity contribution < 1.29 is 9.18 Å². The molecular weight excluding hydrogens is 297 g/mol. The van der Waals surface area contributed by atoms with Gasteiger partial charge in [-0.1, -0.05) is 12.8 Å². The summed E-state index contributed by atoms with van der Waals surface area (Å²) in [7, 11) is 0. The van der Waals surface area contributed by atoms with Gasteiger partial charge in [-0.2, -0.15) is 0 Å². The summed E-state index contributed by atoms with van der Waals surface area (Å²) >= 11 is 3.08. The minimum atomic E-state index is -0.406. The van der Waals surface area contributed by atoms with Gasteiger partial charge in [0, 0.05) is 11.6 Å². The van der Waals surface area contributed by atoms with Crippen molar-refractivity contribution in [3.8, 4) is 0 Å². The van der Waals surface area contributed by atoms with Gasteiger partial charge >= 0.3 is 0 Å². The van der Waals surface area contributed by atoms with E-state index in [1.54, 1.807) is 12.1 Å². The fraction of sp³-hybridized carbons (Fsp3) is 0.500. The summed E-state index contributed by atoms with van der Waals surface area (Å²) in [5, 5.41) is 2.96. The summed E-state index contributed by atoms with van der Waals surface area (Å²) in [6.07, 6.45) is 4.85.